The van der Waals surface area contributed by atoms with Crippen molar-refractivity contribution >= 4 is 11.8 Å². The number of nitrogens with one attached hydrogen (secondary N) is 1. The minimum absolute atomic E-state index is 0.0238. The number of ether oxygens (including phenoxy) is 1. The molecule has 2 aromatic rings. The van der Waals surface area contributed by atoms with E-state index in [1.165, 1.54) is 18.2 Å². The Morgan fingerprint density at radius 1 is 1.24 bits per heavy atom. The van der Waals surface area contributed by atoms with Gasteiger partial charge in [-0.2, -0.15) is 0 Å². The molecule has 21 heavy (non-hydrogen) atoms. The number of hydrogen-bond acceptors (Lipinski definition) is 3. The normalized spacial score (nSPS) is 10.2. The van der Waals surface area contributed by atoms with E-state index in [2.05, 4.69) is 5.32 Å². The van der Waals surface area contributed by atoms with Crippen molar-refractivity contribution in [2.24, 2.45) is 0 Å². The number of carboxylic acid groups (broad SMARTS) is 1. The van der Waals surface area contributed by atoms with Gasteiger partial charge in [0.05, 0.1) is 0 Å². The lowest BCUT2D eigenvalue weighted by Crippen LogP contribution is -2.20. The van der Waals surface area contributed by atoms with Crippen LogP contribution in [0.3, 0.4) is 0 Å². The zero-order valence-electron chi connectivity index (χ0n) is 10.8. The van der Waals surface area contributed by atoms with E-state index >= 15 is 0 Å². The maximum absolute atomic E-state index is 13.5. The van der Waals surface area contributed by atoms with Gasteiger partial charge in [-0.05, 0) is 35.9 Å². The van der Waals surface area contributed by atoms with Crippen LogP contribution in [0, 0.1) is 11.6 Å². The highest BCUT2D eigenvalue weighted by atomic mass is 19.1. The van der Waals surface area contributed by atoms with Crippen molar-refractivity contribution < 1.29 is 23.4 Å². The van der Waals surface area contributed by atoms with Gasteiger partial charge in [0.15, 0.2) is 11.6 Å². The Bertz CT molecular complexity index is 677. The van der Waals surface area contributed by atoms with Crippen LogP contribution in [-0.4, -0.2) is 11.2 Å². The summed E-state index contributed by atoms with van der Waals surface area (Å²) in [6, 6.07) is 7.27. The maximum Gasteiger partial charge on any atom is 0.404 e. The fraction of sp³-hybridized carbons (Fsp3) is 0.0714. The van der Waals surface area contributed by atoms with Crippen molar-refractivity contribution in [2.75, 3.05) is 5.73 Å². The maximum atomic E-state index is 13.5. The number of rotatable bonds is 4. The van der Waals surface area contributed by atoms with E-state index in [1.807, 2.05) is 0 Å². The fourth-order valence-corrected chi connectivity index (χ4v) is 1.65. The second kappa shape index (κ2) is 6.08. The van der Waals surface area contributed by atoms with E-state index in [0.717, 1.165) is 18.2 Å². The molecular formula is C14H12F2N2O3. The Morgan fingerprint density at radius 2 is 2.00 bits per heavy atom. The van der Waals surface area contributed by atoms with Crippen molar-refractivity contribution in [3.05, 3.63) is 53.6 Å². The van der Waals surface area contributed by atoms with Crippen molar-refractivity contribution in [1.82, 2.24) is 5.32 Å². The summed E-state index contributed by atoms with van der Waals surface area (Å²) >= 11 is 0. The first-order valence-corrected chi connectivity index (χ1v) is 5.94. The number of nitrogens with two attached hydrogens (primary N) is 1. The van der Waals surface area contributed by atoms with Gasteiger partial charge in [-0.25, -0.2) is 13.6 Å². The molecule has 0 aliphatic heterocycles. The van der Waals surface area contributed by atoms with Crippen LogP contribution in [-0.2, 0) is 6.54 Å². The molecule has 7 heteroatoms. The third-order valence-electron chi connectivity index (χ3n) is 2.67. The average Bonchev–Trinajstić information content (AvgIpc) is 2.43. The first-order chi connectivity index (χ1) is 9.95. The monoisotopic (exact) mass is 294 g/mol. The molecule has 0 unspecified atom stereocenters. The molecule has 5 nitrogen and oxygen atoms in total. The van der Waals surface area contributed by atoms with Gasteiger partial charge in [-0.1, -0.05) is 0 Å². The van der Waals surface area contributed by atoms with Gasteiger partial charge in [0.25, 0.3) is 0 Å². The predicted molar refractivity (Wildman–Crippen MR) is 72.2 cm³/mol. The zero-order chi connectivity index (χ0) is 15.4. The van der Waals surface area contributed by atoms with E-state index in [9.17, 15) is 13.6 Å². The van der Waals surface area contributed by atoms with Crippen LogP contribution in [0.5, 0.6) is 11.5 Å². The predicted octanol–water partition coefficient (Wildman–Crippen LogP) is 3.11. The molecule has 0 spiro atoms. The molecule has 0 atom stereocenters. The summed E-state index contributed by atoms with van der Waals surface area (Å²) in [7, 11) is 0. The van der Waals surface area contributed by atoms with Crippen LogP contribution >= 0.6 is 0 Å². The van der Waals surface area contributed by atoms with E-state index in [1.54, 1.807) is 0 Å². The van der Waals surface area contributed by atoms with Gasteiger partial charge in [-0.3, -0.25) is 0 Å². The highest BCUT2D eigenvalue weighted by Crippen LogP contribution is 2.27. The van der Waals surface area contributed by atoms with E-state index < -0.39 is 17.7 Å². The van der Waals surface area contributed by atoms with Gasteiger partial charge < -0.3 is 20.9 Å². The van der Waals surface area contributed by atoms with Gasteiger partial charge in [0, 0.05) is 18.3 Å². The second-order valence-corrected chi connectivity index (χ2v) is 4.20. The Kier molecular flexibility index (Phi) is 4.22. The molecule has 0 saturated heterocycles. The van der Waals surface area contributed by atoms with Gasteiger partial charge in [0.2, 0.25) is 0 Å². The molecule has 0 aliphatic carbocycles. The van der Waals surface area contributed by atoms with Crippen LogP contribution in [0.1, 0.15) is 5.56 Å². The topological polar surface area (TPSA) is 84.6 Å². The molecule has 4 N–H and O–H groups in total. The smallest absolute Gasteiger partial charge is 0.404 e. The Hall–Kier alpha value is -2.83. The highest BCUT2D eigenvalue weighted by molar-refractivity contribution is 5.65. The number of nitrogen functional groups attached to an aromatic ring is 1. The molecule has 0 bridgehead atoms. The molecule has 0 heterocycles. The average molecular weight is 294 g/mol. The minimum Gasteiger partial charge on any atom is -0.465 e. The molecule has 0 aliphatic rings. The Labute approximate surface area is 119 Å². The van der Waals surface area contributed by atoms with Crippen LogP contribution in [0.4, 0.5) is 19.3 Å². The first kappa shape index (κ1) is 14.6. The molecule has 2 rings (SSSR count). The van der Waals surface area contributed by atoms with Crippen LogP contribution in [0.2, 0.25) is 0 Å². The lowest BCUT2D eigenvalue weighted by molar-refractivity contribution is 0.194. The molecule has 110 valence electrons. The molecule has 2 aromatic carbocycles. The van der Waals surface area contributed by atoms with Crippen molar-refractivity contribution in [2.45, 2.75) is 6.54 Å². The van der Waals surface area contributed by atoms with E-state index in [4.69, 9.17) is 15.6 Å². The Morgan fingerprint density at radius 3 is 2.71 bits per heavy atom. The van der Waals surface area contributed by atoms with Gasteiger partial charge in [0.1, 0.15) is 11.6 Å². The quantitative estimate of drug-likeness (QED) is 0.756. The first-order valence-electron chi connectivity index (χ1n) is 5.94. The molecule has 0 saturated carbocycles. The summed E-state index contributed by atoms with van der Waals surface area (Å²) in [4.78, 5) is 10.5. The summed E-state index contributed by atoms with van der Waals surface area (Å²) in [5.41, 5.74) is 6.52. The van der Waals surface area contributed by atoms with E-state index in [-0.39, 0.29) is 18.0 Å². The summed E-state index contributed by atoms with van der Waals surface area (Å²) in [5.74, 6) is -1.39. The third kappa shape index (κ3) is 3.82. The second-order valence-electron chi connectivity index (χ2n) is 4.20. The lowest BCUT2D eigenvalue weighted by Gasteiger charge is -2.10. The number of hydrogen-bond donors (Lipinski definition) is 3. The Balaban J connectivity index is 2.22. The van der Waals surface area contributed by atoms with Crippen molar-refractivity contribution in [3.63, 3.8) is 0 Å². The highest BCUT2D eigenvalue weighted by Gasteiger charge is 2.09. The summed E-state index contributed by atoms with van der Waals surface area (Å²) < 4.78 is 31.8. The molecule has 0 fully saturated rings. The number of anilines is 1. The fourth-order valence-electron chi connectivity index (χ4n) is 1.65. The standard InChI is InChI=1S/C14H12F2N2O3/c15-9-1-3-11(16)13(6-9)21-10-2-4-12(17)8(5-10)7-18-14(19)20/h1-6,18H,7,17H2,(H,19,20). The summed E-state index contributed by atoms with van der Waals surface area (Å²) in [6.07, 6.45) is -1.20. The van der Waals surface area contributed by atoms with Crippen LogP contribution in [0.25, 0.3) is 0 Å². The largest absolute Gasteiger partial charge is 0.465 e. The number of benzene rings is 2. The van der Waals surface area contributed by atoms with Crippen LogP contribution in [0.15, 0.2) is 36.4 Å². The molecule has 1 amide bonds. The number of carbonyl (C=O) groups is 1. The lowest BCUT2D eigenvalue weighted by atomic mass is 10.1. The minimum atomic E-state index is -1.20. The summed E-state index contributed by atoms with van der Waals surface area (Å²) in [6.45, 7) is -0.0238. The van der Waals surface area contributed by atoms with Crippen molar-refractivity contribution in [1.29, 1.82) is 0 Å². The SMILES string of the molecule is Nc1ccc(Oc2cc(F)ccc2F)cc1CNC(=O)O. The van der Waals surface area contributed by atoms with Crippen molar-refractivity contribution in [3.8, 4) is 11.5 Å². The molecule has 0 radical (unpaired) electrons. The number of amides is 1. The third-order valence-corrected chi connectivity index (χ3v) is 2.67. The summed E-state index contributed by atoms with van der Waals surface area (Å²) in [5, 5.41) is 10.7. The van der Waals surface area contributed by atoms with E-state index in [0.29, 0.717) is 11.3 Å². The van der Waals surface area contributed by atoms with Gasteiger partial charge >= 0.3 is 6.09 Å². The molecule has 0 aromatic heterocycles. The van der Waals surface area contributed by atoms with Crippen LogP contribution < -0.4 is 15.8 Å². The number of halogens is 2. The zero-order valence-corrected chi connectivity index (χ0v) is 10.8. The van der Waals surface area contributed by atoms with Gasteiger partial charge in [-0.15, -0.1) is 0 Å². The molecular weight excluding hydrogens is 282 g/mol.